The molecule has 11 nitrogen and oxygen atoms in total. The van der Waals surface area contributed by atoms with Crippen molar-refractivity contribution in [3.05, 3.63) is 50.3 Å². The second-order valence-electron chi connectivity index (χ2n) is 6.38. The standard InChI is InChI=1S/C18H17ClN6O5S/c1-9-12(10(2)24-17(20-9)22-18(23-24)31-3)7-16(27)30-8-15(26)21-13-5-4-11(19)6-14(13)25(28)29/h4-6H,7-8H2,1-3H3,(H,21,26). The number of ether oxygens (including phenoxy) is 1. The lowest BCUT2D eigenvalue weighted by molar-refractivity contribution is -0.383. The van der Waals surface area contributed by atoms with E-state index in [1.807, 2.05) is 6.26 Å². The highest BCUT2D eigenvalue weighted by Gasteiger charge is 2.19. The first-order valence-electron chi connectivity index (χ1n) is 8.86. The number of nitro groups is 1. The zero-order valence-corrected chi connectivity index (χ0v) is 18.3. The van der Waals surface area contributed by atoms with Crippen LogP contribution in [0.15, 0.2) is 23.4 Å². The number of hydrogen-bond acceptors (Lipinski definition) is 9. The number of carbonyl (C=O) groups excluding carboxylic acids is 2. The summed E-state index contributed by atoms with van der Waals surface area (Å²) in [4.78, 5) is 43.4. The number of aryl methyl sites for hydroxylation is 2. The Labute approximate surface area is 185 Å². The van der Waals surface area contributed by atoms with Gasteiger partial charge in [0.25, 0.3) is 17.4 Å². The highest BCUT2D eigenvalue weighted by Crippen LogP contribution is 2.27. The lowest BCUT2D eigenvalue weighted by Crippen LogP contribution is -2.22. The average molecular weight is 465 g/mol. The Morgan fingerprint density at radius 1 is 1.32 bits per heavy atom. The summed E-state index contributed by atoms with van der Waals surface area (Å²) in [5.74, 6) is -0.944. The van der Waals surface area contributed by atoms with Crippen LogP contribution in [0.3, 0.4) is 0 Å². The van der Waals surface area contributed by atoms with Crippen LogP contribution in [-0.4, -0.2) is 49.2 Å². The van der Waals surface area contributed by atoms with Gasteiger partial charge in [-0.3, -0.25) is 19.7 Å². The lowest BCUT2D eigenvalue weighted by Gasteiger charge is -2.10. The van der Waals surface area contributed by atoms with Crippen molar-refractivity contribution in [2.24, 2.45) is 0 Å². The van der Waals surface area contributed by atoms with E-state index in [-0.39, 0.29) is 22.8 Å². The van der Waals surface area contributed by atoms with E-state index in [9.17, 15) is 19.7 Å². The number of halogens is 1. The van der Waals surface area contributed by atoms with Gasteiger partial charge in [0.2, 0.25) is 5.16 Å². The van der Waals surface area contributed by atoms with Gasteiger partial charge in [0.15, 0.2) is 6.61 Å². The molecule has 0 bridgehead atoms. The second-order valence-corrected chi connectivity index (χ2v) is 7.59. The van der Waals surface area contributed by atoms with Crippen molar-refractivity contribution in [1.29, 1.82) is 0 Å². The number of carbonyl (C=O) groups is 2. The predicted octanol–water partition coefficient (Wildman–Crippen LogP) is 2.75. The van der Waals surface area contributed by atoms with Crippen LogP contribution in [0.2, 0.25) is 5.02 Å². The van der Waals surface area contributed by atoms with E-state index in [1.54, 1.807) is 18.4 Å². The van der Waals surface area contributed by atoms with E-state index in [2.05, 4.69) is 20.4 Å². The Bertz CT molecular complexity index is 1200. The molecular weight excluding hydrogens is 448 g/mol. The summed E-state index contributed by atoms with van der Waals surface area (Å²) in [6, 6.07) is 3.82. The fraction of sp³-hybridized carbons (Fsp3) is 0.278. The van der Waals surface area contributed by atoms with Crippen LogP contribution in [0.4, 0.5) is 11.4 Å². The lowest BCUT2D eigenvalue weighted by atomic mass is 10.1. The summed E-state index contributed by atoms with van der Waals surface area (Å²) in [7, 11) is 0. The van der Waals surface area contributed by atoms with Gasteiger partial charge in [0.1, 0.15) is 5.69 Å². The quantitative estimate of drug-likeness (QED) is 0.241. The molecule has 0 radical (unpaired) electrons. The van der Waals surface area contributed by atoms with Crippen LogP contribution in [0, 0.1) is 24.0 Å². The van der Waals surface area contributed by atoms with Crippen LogP contribution in [-0.2, 0) is 20.7 Å². The van der Waals surface area contributed by atoms with Crippen molar-refractivity contribution in [3.8, 4) is 0 Å². The fourth-order valence-corrected chi connectivity index (χ4v) is 3.32. The van der Waals surface area contributed by atoms with Gasteiger partial charge < -0.3 is 10.1 Å². The topological polar surface area (TPSA) is 142 Å². The van der Waals surface area contributed by atoms with Crippen molar-refractivity contribution in [3.63, 3.8) is 0 Å². The number of hydrogen-bond donors (Lipinski definition) is 1. The summed E-state index contributed by atoms with van der Waals surface area (Å²) in [6.07, 6.45) is 1.72. The Balaban J connectivity index is 1.66. The molecule has 0 aliphatic carbocycles. The first kappa shape index (κ1) is 22.4. The molecule has 13 heteroatoms. The molecule has 0 unspecified atom stereocenters. The maximum Gasteiger partial charge on any atom is 0.310 e. The number of amides is 1. The van der Waals surface area contributed by atoms with Gasteiger partial charge in [-0.25, -0.2) is 9.50 Å². The van der Waals surface area contributed by atoms with Gasteiger partial charge in [-0.2, -0.15) is 4.98 Å². The van der Waals surface area contributed by atoms with Crippen molar-refractivity contribution in [1.82, 2.24) is 19.6 Å². The first-order valence-corrected chi connectivity index (χ1v) is 10.5. The Morgan fingerprint density at radius 3 is 2.74 bits per heavy atom. The van der Waals surface area contributed by atoms with Gasteiger partial charge >= 0.3 is 5.97 Å². The molecule has 1 amide bonds. The molecule has 0 spiro atoms. The van der Waals surface area contributed by atoms with Crippen molar-refractivity contribution >= 4 is 52.4 Å². The molecule has 1 aromatic carbocycles. The van der Waals surface area contributed by atoms with Crippen molar-refractivity contribution in [2.45, 2.75) is 25.4 Å². The largest absolute Gasteiger partial charge is 0.455 e. The highest BCUT2D eigenvalue weighted by molar-refractivity contribution is 7.98. The first-order chi connectivity index (χ1) is 14.7. The minimum atomic E-state index is -0.721. The summed E-state index contributed by atoms with van der Waals surface area (Å²) in [6.45, 7) is 2.93. The molecule has 2 heterocycles. The molecule has 162 valence electrons. The zero-order chi connectivity index (χ0) is 22.7. The third-order valence-electron chi connectivity index (χ3n) is 4.33. The maximum atomic E-state index is 12.3. The van der Waals surface area contributed by atoms with Crippen LogP contribution in [0.1, 0.15) is 17.0 Å². The van der Waals surface area contributed by atoms with Crippen molar-refractivity contribution < 1.29 is 19.2 Å². The minimum absolute atomic E-state index is 0.0485. The van der Waals surface area contributed by atoms with Crippen LogP contribution < -0.4 is 5.32 Å². The Morgan fingerprint density at radius 2 is 2.06 bits per heavy atom. The third-order valence-corrected chi connectivity index (χ3v) is 5.10. The van der Waals surface area contributed by atoms with Crippen LogP contribution in [0.25, 0.3) is 5.78 Å². The monoisotopic (exact) mass is 464 g/mol. The van der Waals surface area contributed by atoms with E-state index < -0.39 is 23.4 Å². The van der Waals surface area contributed by atoms with Gasteiger partial charge in [-0.05, 0) is 32.2 Å². The molecule has 0 atom stereocenters. The molecular formula is C18H17ClN6O5S. The SMILES string of the molecule is CSc1nc2nc(C)c(CC(=O)OCC(=O)Nc3ccc(Cl)cc3[N+](=O)[O-])c(C)n2n1. The van der Waals surface area contributed by atoms with E-state index in [1.165, 1.54) is 23.9 Å². The molecule has 1 N–H and O–H groups in total. The molecule has 3 rings (SSSR count). The highest BCUT2D eigenvalue weighted by atomic mass is 35.5. The van der Waals surface area contributed by atoms with E-state index in [4.69, 9.17) is 16.3 Å². The van der Waals surface area contributed by atoms with E-state index >= 15 is 0 Å². The number of benzene rings is 1. The maximum absolute atomic E-state index is 12.3. The fourth-order valence-electron chi connectivity index (χ4n) is 2.82. The number of nitro benzene ring substituents is 1. The van der Waals surface area contributed by atoms with Crippen LogP contribution >= 0.6 is 23.4 Å². The van der Waals surface area contributed by atoms with Crippen LogP contribution in [0.5, 0.6) is 0 Å². The van der Waals surface area contributed by atoms with E-state index in [0.29, 0.717) is 27.9 Å². The van der Waals surface area contributed by atoms with E-state index in [0.717, 1.165) is 6.07 Å². The van der Waals surface area contributed by atoms with Crippen molar-refractivity contribution in [2.75, 3.05) is 18.2 Å². The number of fused-ring (bicyclic) bond motifs is 1. The second kappa shape index (κ2) is 9.27. The van der Waals surface area contributed by atoms with Gasteiger partial charge in [-0.1, -0.05) is 23.4 Å². The Hall–Kier alpha value is -3.25. The molecule has 31 heavy (non-hydrogen) atoms. The average Bonchev–Trinajstić information content (AvgIpc) is 3.14. The molecule has 2 aromatic heterocycles. The molecule has 0 saturated heterocycles. The summed E-state index contributed by atoms with van der Waals surface area (Å²) in [5, 5.41) is 18.5. The number of anilines is 1. The predicted molar refractivity (Wildman–Crippen MR) is 113 cm³/mol. The van der Waals surface area contributed by atoms with Gasteiger partial charge in [0, 0.05) is 28.0 Å². The molecule has 0 aliphatic heterocycles. The molecule has 0 fully saturated rings. The summed E-state index contributed by atoms with van der Waals surface area (Å²) in [5.41, 5.74) is 1.49. The minimum Gasteiger partial charge on any atom is -0.455 e. The summed E-state index contributed by atoms with van der Waals surface area (Å²) >= 11 is 7.12. The molecule has 0 saturated carbocycles. The normalized spacial score (nSPS) is 10.8. The third kappa shape index (κ3) is 5.09. The number of esters is 1. The zero-order valence-electron chi connectivity index (χ0n) is 16.7. The Kier molecular flexibility index (Phi) is 6.71. The number of nitrogens with one attached hydrogen (secondary N) is 1. The van der Waals surface area contributed by atoms with Gasteiger partial charge in [0.05, 0.1) is 11.3 Å². The number of rotatable bonds is 7. The number of aromatic nitrogens is 4. The van der Waals surface area contributed by atoms with Gasteiger partial charge in [-0.15, -0.1) is 5.10 Å². The molecule has 3 aromatic rings. The number of nitrogens with zero attached hydrogens (tertiary/aromatic N) is 5. The number of thioether (sulfide) groups is 1. The molecule has 0 aliphatic rings. The smallest absolute Gasteiger partial charge is 0.310 e. The summed E-state index contributed by atoms with van der Waals surface area (Å²) < 4.78 is 6.58.